The number of nitrogens with one attached hydrogen (secondary N) is 1. The lowest BCUT2D eigenvalue weighted by atomic mass is 9.85. The van der Waals surface area contributed by atoms with Gasteiger partial charge in [-0.05, 0) is 84.2 Å². The molecule has 2 fully saturated rings. The summed E-state index contributed by atoms with van der Waals surface area (Å²) in [5.74, 6) is -2.94. The number of anilines is 2. The van der Waals surface area contributed by atoms with Gasteiger partial charge in [0.25, 0.3) is 11.5 Å². The van der Waals surface area contributed by atoms with Gasteiger partial charge in [-0.25, -0.2) is 18.7 Å². The van der Waals surface area contributed by atoms with Crippen LogP contribution in [0.4, 0.5) is 20.3 Å². The SMILES string of the molecule is CC(C)N1CCN(c2cc3c4ncnc3n(c2=O)CCCCCCC(C)N2CCC(CC2)C(F)(F)c2cccc(c2)[C@@H](C)N4)CC1. The van der Waals surface area contributed by atoms with Crippen LogP contribution in [0.25, 0.3) is 11.0 Å². The molecule has 46 heavy (non-hydrogen) atoms. The molecule has 250 valence electrons. The molecule has 1 unspecified atom stereocenters. The molecule has 8 bridgehead atoms. The number of aromatic nitrogens is 3. The van der Waals surface area contributed by atoms with E-state index in [1.165, 1.54) is 6.33 Å². The van der Waals surface area contributed by atoms with Crippen LogP contribution in [0.2, 0.25) is 0 Å². The van der Waals surface area contributed by atoms with Crippen molar-refractivity contribution in [3.05, 3.63) is 58.1 Å². The Morgan fingerprint density at radius 1 is 0.891 bits per heavy atom. The molecule has 7 rings (SSSR count). The standard InChI is InChI=1S/C36H51F2N7O/c1-25(2)42-18-20-44(21-19-42)32-23-31-33-39-24-40-34(31)45(35(32)46)15-8-6-5-7-10-26(3)43-16-13-29(14-17-43)36(37,38)30-12-9-11-28(22-30)27(4)41-33/h9,11-12,22-27,29H,5-8,10,13-21H2,1-4H3,(H,39,40,41)/t26?,27-/m1/s1. The van der Waals surface area contributed by atoms with Gasteiger partial charge in [0.2, 0.25) is 0 Å². The molecule has 4 aliphatic heterocycles. The van der Waals surface area contributed by atoms with Gasteiger partial charge in [0.1, 0.15) is 23.5 Å². The Hall–Kier alpha value is -3.11. The van der Waals surface area contributed by atoms with Crippen LogP contribution < -0.4 is 15.8 Å². The molecule has 0 aliphatic carbocycles. The minimum absolute atomic E-state index is 0.00581. The second-order valence-corrected chi connectivity index (χ2v) is 14.0. The molecule has 10 heteroatoms. The highest BCUT2D eigenvalue weighted by Gasteiger charge is 2.43. The van der Waals surface area contributed by atoms with E-state index in [0.717, 1.165) is 82.3 Å². The van der Waals surface area contributed by atoms with E-state index in [0.29, 0.717) is 48.6 Å². The Morgan fingerprint density at radius 3 is 2.37 bits per heavy atom. The van der Waals surface area contributed by atoms with Crippen molar-refractivity contribution in [3.63, 3.8) is 0 Å². The first kappa shape index (κ1) is 32.8. The van der Waals surface area contributed by atoms with E-state index in [4.69, 9.17) is 0 Å². The fourth-order valence-corrected chi connectivity index (χ4v) is 7.68. The van der Waals surface area contributed by atoms with Crippen molar-refractivity contribution in [1.29, 1.82) is 0 Å². The first-order valence-electron chi connectivity index (χ1n) is 17.5. The van der Waals surface area contributed by atoms with E-state index in [-0.39, 0.29) is 17.2 Å². The zero-order chi connectivity index (χ0) is 32.4. The number of hydrogen-bond acceptors (Lipinski definition) is 7. The number of pyridine rings is 1. The van der Waals surface area contributed by atoms with Crippen LogP contribution in [0.5, 0.6) is 0 Å². The third-order valence-corrected chi connectivity index (χ3v) is 10.8. The largest absolute Gasteiger partial charge is 0.364 e. The second kappa shape index (κ2) is 13.9. The summed E-state index contributed by atoms with van der Waals surface area (Å²) in [6.45, 7) is 14.0. The molecule has 8 nitrogen and oxygen atoms in total. The summed E-state index contributed by atoms with van der Waals surface area (Å²) in [4.78, 5) is 30.4. The number of piperazine rings is 1. The van der Waals surface area contributed by atoms with Crippen LogP contribution >= 0.6 is 0 Å². The van der Waals surface area contributed by atoms with Gasteiger partial charge in [-0.2, -0.15) is 0 Å². The molecule has 0 saturated carbocycles. The fraction of sp³-hybridized carbons (Fsp3) is 0.639. The quantitative estimate of drug-likeness (QED) is 0.338. The van der Waals surface area contributed by atoms with Crippen molar-refractivity contribution in [2.45, 2.75) is 103 Å². The molecule has 0 spiro atoms. The lowest BCUT2D eigenvalue weighted by molar-refractivity contribution is -0.0883. The summed E-state index contributed by atoms with van der Waals surface area (Å²) in [6, 6.07) is 9.38. The molecule has 4 aliphatic rings. The average Bonchev–Trinajstić information content (AvgIpc) is 3.06. The van der Waals surface area contributed by atoms with Gasteiger partial charge in [-0.3, -0.25) is 14.3 Å². The number of piperidine rings is 1. The molecule has 2 saturated heterocycles. The minimum Gasteiger partial charge on any atom is -0.364 e. The Labute approximate surface area is 272 Å². The van der Waals surface area contributed by atoms with E-state index in [1.807, 2.05) is 23.6 Å². The number of benzene rings is 1. The van der Waals surface area contributed by atoms with Gasteiger partial charge < -0.3 is 15.1 Å². The number of alkyl halides is 2. The molecule has 2 aromatic heterocycles. The molecular formula is C36H51F2N7O. The maximum Gasteiger partial charge on any atom is 0.276 e. The number of fused-ring (bicyclic) bond motifs is 9. The Balaban J connectivity index is 1.37. The van der Waals surface area contributed by atoms with E-state index >= 15 is 8.78 Å². The molecule has 0 amide bonds. The zero-order valence-corrected chi connectivity index (χ0v) is 28.0. The van der Waals surface area contributed by atoms with Gasteiger partial charge in [-0.15, -0.1) is 0 Å². The summed E-state index contributed by atoms with van der Waals surface area (Å²) < 4.78 is 33.8. The van der Waals surface area contributed by atoms with Crippen LogP contribution in [0.1, 0.15) is 89.8 Å². The molecule has 3 aromatic rings. The Bertz CT molecular complexity index is 1540. The molecule has 0 radical (unpaired) electrons. The monoisotopic (exact) mass is 635 g/mol. The zero-order valence-electron chi connectivity index (χ0n) is 28.0. The fourth-order valence-electron chi connectivity index (χ4n) is 7.68. The van der Waals surface area contributed by atoms with Crippen LogP contribution in [-0.2, 0) is 12.5 Å². The molecule has 2 atom stereocenters. The summed E-state index contributed by atoms with van der Waals surface area (Å²) in [6.07, 6.45) is 7.66. The maximum absolute atomic E-state index is 16.0. The minimum atomic E-state index is -2.89. The number of hydrogen-bond donors (Lipinski definition) is 1. The maximum atomic E-state index is 16.0. The van der Waals surface area contributed by atoms with Crippen LogP contribution in [0, 0.1) is 5.92 Å². The third-order valence-electron chi connectivity index (χ3n) is 10.8. The molecule has 6 heterocycles. The summed E-state index contributed by atoms with van der Waals surface area (Å²) in [7, 11) is 0. The highest BCUT2D eigenvalue weighted by atomic mass is 19.3. The van der Waals surface area contributed by atoms with E-state index in [1.54, 1.807) is 18.2 Å². The van der Waals surface area contributed by atoms with Gasteiger partial charge in [0.15, 0.2) is 0 Å². The molecule has 1 N–H and O–H groups in total. The summed E-state index contributed by atoms with van der Waals surface area (Å²) in [5.41, 5.74) is 2.15. The van der Waals surface area contributed by atoms with Crippen LogP contribution in [-0.4, -0.2) is 75.7 Å². The highest BCUT2D eigenvalue weighted by molar-refractivity contribution is 5.89. The predicted molar refractivity (Wildman–Crippen MR) is 182 cm³/mol. The lowest BCUT2D eigenvalue weighted by Gasteiger charge is -2.39. The molecular weight excluding hydrogens is 584 g/mol. The van der Waals surface area contributed by atoms with Crippen LogP contribution in [0.15, 0.2) is 41.5 Å². The first-order chi connectivity index (χ1) is 22.1. The van der Waals surface area contributed by atoms with Gasteiger partial charge in [-0.1, -0.05) is 37.5 Å². The second-order valence-electron chi connectivity index (χ2n) is 14.0. The Morgan fingerprint density at radius 2 is 1.63 bits per heavy atom. The summed E-state index contributed by atoms with van der Waals surface area (Å²) in [5, 5.41) is 4.29. The van der Waals surface area contributed by atoms with Crippen molar-refractivity contribution in [1.82, 2.24) is 24.3 Å². The van der Waals surface area contributed by atoms with Crippen molar-refractivity contribution >= 4 is 22.5 Å². The number of aryl methyl sites for hydroxylation is 1. The first-order valence-corrected chi connectivity index (χ1v) is 17.5. The van der Waals surface area contributed by atoms with Gasteiger partial charge >= 0.3 is 0 Å². The van der Waals surface area contributed by atoms with Crippen molar-refractivity contribution in [3.8, 4) is 0 Å². The summed E-state index contributed by atoms with van der Waals surface area (Å²) >= 11 is 0. The highest BCUT2D eigenvalue weighted by Crippen LogP contribution is 2.42. The normalized spacial score (nSPS) is 26.6. The van der Waals surface area contributed by atoms with Gasteiger partial charge in [0, 0.05) is 62.3 Å². The van der Waals surface area contributed by atoms with Gasteiger partial charge in [0.05, 0.1) is 5.39 Å². The van der Waals surface area contributed by atoms with E-state index in [9.17, 15) is 4.79 Å². The van der Waals surface area contributed by atoms with Crippen molar-refractivity contribution < 1.29 is 8.78 Å². The predicted octanol–water partition coefficient (Wildman–Crippen LogP) is 6.65. The number of rotatable bonds is 2. The van der Waals surface area contributed by atoms with Crippen molar-refractivity contribution in [2.75, 3.05) is 49.5 Å². The Kier molecular flexibility index (Phi) is 9.94. The average molecular weight is 636 g/mol. The van der Waals surface area contributed by atoms with E-state index < -0.39 is 11.8 Å². The molecule has 1 aromatic carbocycles. The van der Waals surface area contributed by atoms with E-state index in [2.05, 4.69) is 50.8 Å². The number of nitrogens with zero attached hydrogens (tertiary/aromatic N) is 6. The third kappa shape index (κ3) is 6.79. The smallest absolute Gasteiger partial charge is 0.276 e. The number of halogens is 2. The van der Waals surface area contributed by atoms with Crippen molar-refractivity contribution in [2.24, 2.45) is 5.92 Å². The van der Waals surface area contributed by atoms with Crippen LogP contribution in [0.3, 0.4) is 0 Å². The topological polar surface area (TPSA) is 69.5 Å². The lowest BCUT2D eigenvalue weighted by Crippen LogP contribution is -2.50.